The van der Waals surface area contributed by atoms with Gasteiger partial charge >= 0.3 is 0 Å². The van der Waals surface area contributed by atoms with Crippen LogP contribution in [-0.2, 0) is 6.42 Å². The van der Waals surface area contributed by atoms with Crippen molar-refractivity contribution in [2.45, 2.75) is 45.3 Å². The molecule has 4 rings (SSSR count). The first-order valence-corrected chi connectivity index (χ1v) is 9.42. The van der Waals surface area contributed by atoms with E-state index in [1.165, 1.54) is 0 Å². The van der Waals surface area contributed by atoms with Gasteiger partial charge in [0.1, 0.15) is 11.8 Å². The molecule has 0 saturated heterocycles. The van der Waals surface area contributed by atoms with Crippen LogP contribution < -0.4 is 4.74 Å². The monoisotopic (exact) mass is 375 g/mol. The highest BCUT2D eigenvalue weighted by Gasteiger charge is 2.23. The maximum absolute atomic E-state index is 10.3. The molecular formula is C22H21N3O3. The van der Waals surface area contributed by atoms with E-state index < -0.39 is 6.10 Å². The summed E-state index contributed by atoms with van der Waals surface area (Å²) in [6, 6.07) is 13.2. The van der Waals surface area contributed by atoms with Crippen LogP contribution in [0, 0.1) is 11.3 Å². The third-order valence-corrected chi connectivity index (χ3v) is 4.85. The third-order valence-electron chi connectivity index (χ3n) is 4.85. The molecular weight excluding hydrogens is 354 g/mol. The van der Waals surface area contributed by atoms with Crippen molar-refractivity contribution in [3.8, 4) is 34.7 Å². The number of nitrogens with zero attached hydrogens (tertiary/aromatic N) is 3. The highest BCUT2D eigenvalue weighted by molar-refractivity contribution is 5.66. The molecule has 3 aromatic rings. The second-order valence-corrected chi connectivity index (χ2v) is 7.19. The summed E-state index contributed by atoms with van der Waals surface area (Å²) in [7, 11) is 0. The molecule has 0 amide bonds. The lowest BCUT2D eigenvalue weighted by atomic mass is 9.86. The summed E-state index contributed by atoms with van der Waals surface area (Å²) >= 11 is 0. The fraction of sp³-hybridized carbons (Fsp3) is 0.318. The standard InChI is InChI=1S/C22H21N3O3/c1-13(2)27-20-10-9-14(11-15(20)12-23)22-24-21(25-28-22)18-7-3-6-17-16(18)5-4-8-19(17)26/h3,6-7,9-11,13,19,26H,4-5,8H2,1-2H3/t19-/m0/s1. The topological polar surface area (TPSA) is 92.2 Å². The molecule has 1 heterocycles. The van der Waals surface area contributed by atoms with Crippen LogP contribution in [0.25, 0.3) is 22.8 Å². The Balaban J connectivity index is 1.70. The zero-order valence-corrected chi connectivity index (χ0v) is 15.8. The zero-order chi connectivity index (χ0) is 19.7. The van der Waals surface area contributed by atoms with Gasteiger partial charge in [0.05, 0.1) is 17.8 Å². The summed E-state index contributed by atoms with van der Waals surface area (Å²) < 4.78 is 11.1. The number of nitriles is 1. The molecule has 1 N–H and O–H groups in total. The molecule has 1 aliphatic carbocycles. The predicted octanol–water partition coefficient (Wildman–Crippen LogP) is 4.43. The van der Waals surface area contributed by atoms with Crippen LogP contribution >= 0.6 is 0 Å². The van der Waals surface area contributed by atoms with Crippen molar-refractivity contribution in [1.82, 2.24) is 10.1 Å². The molecule has 6 heteroatoms. The van der Waals surface area contributed by atoms with E-state index in [0.717, 1.165) is 36.0 Å². The summed E-state index contributed by atoms with van der Waals surface area (Å²) in [6.45, 7) is 3.83. The fourth-order valence-electron chi connectivity index (χ4n) is 3.59. The number of benzene rings is 2. The first-order valence-electron chi connectivity index (χ1n) is 9.42. The van der Waals surface area contributed by atoms with Gasteiger partial charge in [-0.2, -0.15) is 10.2 Å². The van der Waals surface area contributed by atoms with E-state index in [1.54, 1.807) is 18.2 Å². The molecule has 1 aromatic heterocycles. The van der Waals surface area contributed by atoms with Gasteiger partial charge in [-0.3, -0.25) is 0 Å². The summed E-state index contributed by atoms with van der Waals surface area (Å²) in [5.74, 6) is 1.37. The molecule has 0 spiro atoms. The molecule has 2 aromatic carbocycles. The van der Waals surface area contributed by atoms with Crippen LogP contribution in [0.15, 0.2) is 40.9 Å². The Morgan fingerprint density at radius 3 is 2.93 bits per heavy atom. The second kappa shape index (κ2) is 7.45. The number of hydrogen-bond donors (Lipinski definition) is 1. The van der Waals surface area contributed by atoms with Crippen molar-refractivity contribution in [1.29, 1.82) is 5.26 Å². The predicted molar refractivity (Wildman–Crippen MR) is 104 cm³/mol. The maximum atomic E-state index is 10.3. The largest absolute Gasteiger partial charge is 0.490 e. The molecule has 0 radical (unpaired) electrons. The lowest BCUT2D eigenvalue weighted by Crippen LogP contribution is -2.10. The van der Waals surface area contributed by atoms with E-state index in [-0.39, 0.29) is 6.10 Å². The van der Waals surface area contributed by atoms with Crippen LogP contribution in [0.4, 0.5) is 0 Å². The number of hydrogen-bond acceptors (Lipinski definition) is 6. The molecule has 1 atom stereocenters. The van der Waals surface area contributed by atoms with Gasteiger partial charge in [0, 0.05) is 11.1 Å². The van der Waals surface area contributed by atoms with Crippen molar-refractivity contribution in [3.05, 3.63) is 53.1 Å². The summed E-state index contributed by atoms with van der Waals surface area (Å²) in [5, 5.41) is 23.8. The van der Waals surface area contributed by atoms with Gasteiger partial charge in [-0.25, -0.2) is 0 Å². The van der Waals surface area contributed by atoms with E-state index in [1.807, 2.05) is 32.0 Å². The summed E-state index contributed by atoms with van der Waals surface area (Å²) in [6.07, 6.45) is 2.12. The van der Waals surface area contributed by atoms with Crippen LogP contribution in [0.1, 0.15) is 49.5 Å². The lowest BCUT2D eigenvalue weighted by molar-refractivity contribution is 0.156. The number of aliphatic hydroxyl groups excluding tert-OH is 1. The highest BCUT2D eigenvalue weighted by atomic mass is 16.5. The summed E-state index contributed by atoms with van der Waals surface area (Å²) in [5.41, 5.74) is 3.98. The molecule has 142 valence electrons. The van der Waals surface area contributed by atoms with Crippen LogP contribution in [-0.4, -0.2) is 21.4 Å². The minimum absolute atomic E-state index is 0.0208. The molecule has 0 bridgehead atoms. The minimum Gasteiger partial charge on any atom is -0.490 e. The normalized spacial score (nSPS) is 15.9. The molecule has 28 heavy (non-hydrogen) atoms. The fourth-order valence-corrected chi connectivity index (χ4v) is 3.59. The van der Waals surface area contributed by atoms with Crippen LogP contribution in [0.5, 0.6) is 5.75 Å². The van der Waals surface area contributed by atoms with Crippen LogP contribution in [0.2, 0.25) is 0 Å². The lowest BCUT2D eigenvalue weighted by Gasteiger charge is -2.22. The second-order valence-electron chi connectivity index (χ2n) is 7.19. The zero-order valence-electron chi connectivity index (χ0n) is 15.8. The molecule has 0 saturated carbocycles. The van der Waals surface area contributed by atoms with Gasteiger partial charge in [-0.1, -0.05) is 23.4 Å². The average Bonchev–Trinajstić information content (AvgIpc) is 3.18. The van der Waals surface area contributed by atoms with E-state index in [2.05, 4.69) is 16.2 Å². The van der Waals surface area contributed by atoms with E-state index in [4.69, 9.17) is 9.26 Å². The summed E-state index contributed by atoms with van der Waals surface area (Å²) in [4.78, 5) is 4.54. The molecule has 1 aliphatic rings. The molecule has 6 nitrogen and oxygen atoms in total. The molecule has 0 unspecified atom stereocenters. The third kappa shape index (κ3) is 3.37. The van der Waals surface area contributed by atoms with E-state index >= 15 is 0 Å². The highest BCUT2D eigenvalue weighted by Crippen LogP contribution is 2.36. The van der Waals surface area contributed by atoms with Gasteiger partial charge in [0.15, 0.2) is 0 Å². The Morgan fingerprint density at radius 1 is 1.29 bits per heavy atom. The number of rotatable bonds is 4. The Morgan fingerprint density at radius 2 is 2.14 bits per heavy atom. The Bertz CT molecular complexity index is 1050. The first-order chi connectivity index (χ1) is 13.6. The van der Waals surface area contributed by atoms with Gasteiger partial charge in [-0.15, -0.1) is 0 Å². The molecule has 0 fully saturated rings. The van der Waals surface area contributed by atoms with Crippen molar-refractivity contribution in [2.75, 3.05) is 0 Å². The quantitative estimate of drug-likeness (QED) is 0.725. The van der Waals surface area contributed by atoms with Gasteiger partial charge in [0.25, 0.3) is 5.89 Å². The van der Waals surface area contributed by atoms with Gasteiger partial charge in [0.2, 0.25) is 5.82 Å². The van der Waals surface area contributed by atoms with E-state index in [0.29, 0.717) is 28.6 Å². The number of aliphatic hydroxyl groups is 1. The van der Waals surface area contributed by atoms with Crippen molar-refractivity contribution in [2.24, 2.45) is 0 Å². The van der Waals surface area contributed by atoms with Crippen molar-refractivity contribution >= 4 is 0 Å². The van der Waals surface area contributed by atoms with Crippen molar-refractivity contribution in [3.63, 3.8) is 0 Å². The first kappa shape index (κ1) is 18.2. The molecule has 0 aliphatic heterocycles. The Hall–Kier alpha value is -3.17. The average molecular weight is 375 g/mol. The Kier molecular flexibility index (Phi) is 4.84. The van der Waals surface area contributed by atoms with Crippen molar-refractivity contribution < 1.29 is 14.4 Å². The Labute approximate surface area is 163 Å². The number of fused-ring (bicyclic) bond motifs is 1. The van der Waals surface area contributed by atoms with Crippen LogP contribution in [0.3, 0.4) is 0 Å². The number of ether oxygens (including phenoxy) is 1. The number of aromatic nitrogens is 2. The van der Waals surface area contributed by atoms with Gasteiger partial charge in [-0.05, 0) is 62.4 Å². The van der Waals surface area contributed by atoms with E-state index in [9.17, 15) is 10.4 Å². The SMILES string of the molecule is CC(C)Oc1ccc(-c2nc(-c3cccc4c3CCC[C@@H]4O)no2)cc1C#N. The van der Waals surface area contributed by atoms with Gasteiger partial charge < -0.3 is 14.4 Å². The maximum Gasteiger partial charge on any atom is 0.258 e. The smallest absolute Gasteiger partial charge is 0.258 e. The minimum atomic E-state index is -0.443.